The van der Waals surface area contributed by atoms with Crippen LogP contribution >= 0.6 is 11.6 Å². The second kappa shape index (κ2) is 6.01. The third kappa shape index (κ3) is 2.81. The van der Waals surface area contributed by atoms with Gasteiger partial charge in [-0.15, -0.1) is 0 Å². The van der Waals surface area contributed by atoms with E-state index in [1.807, 2.05) is 6.07 Å². The lowest BCUT2D eigenvalue weighted by Gasteiger charge is -2.29. The number of para-hydroxylation sites is 1. The molecule has 1 heterocycles. The Kier molecular flexibility index (Phi) is 4.07. The molecule has 116 valence electrons. The van der Waals surface area contributed by atoms with Crippen LogP contribution in [0.5, 0.6) is 0 Å². The molecule has 6 heteroatoms. The van der Waals surface area contributed by atoms with Crippen molar-refractivity contribution in [1.82, 2.24) is 5.32 Å². The van der Waals surface area contributed by atoms with Crippen molar-refractivity contribution >= 4 is 34.4 Å². The first-order valence-electron chi connectivity index (χ1n) is 7.34. The number of rotatable bonds is 3. The molecule has 1 aliphatic carbocycles. The van der Waals surface area contributed by atoms with Gasteiger partial charge in [-0.25, -0.2) is 0 Å². The van der Waals surface area contributed by atoms with E-state index in [0.29, 0.717) is 17.0 Å². The second-order valence-electron chi connectivity index (χ2n) is 5.64. The summed E-state index contributed by atoms with van der Waals surface area (Å²) in [7, 11) is 0. The van der Waals surface area contributed by atoms with Crippen LogP contribution in [0.3, 0.4) is 0 Å². The Morgan fingerprint density at radius 1 is 1.27 bits per heavy atom. The molecule has 0 bridgehead atoms. The van der Waals surface area contributed by atoms with Gasteiger partial charge in [-0.2, -0.15) is 0 Å². The topological polar surface area (TPSA) is 85.3 Å². The van der Waals surface area contributed by atoms with Crippen LogP contribution in [0.15, 0.2) is 28.7 Å². The summed E-state index contributed by atoms with van der Waals surface area (Å²) in [5, 5.41) is 4.10. The van der Waals surface area contributed by atoms with Gasteiger partial charge in [0.25, 0.3) is 5.91 Å². The lowest BCUT2D eigenvalue weighted by Crippen LogP contribution is -2.47. The number of nitrogens with one attached hydrogen (secondary N) is 1. The predicted molar refractivity (Wildman–Crippen MR) is 83.6 cm³/mol. The summed E-state index contributed by atoms with van der Waals surface area (Å²) in [6.07, 6.45) is 3.40. The molecule has 2 amide bonds. The average molecular weight is 321 g/mol. The van der Waals surface area contributed by atoms with Crippen molar-refractivity contribution in [3.63, 3.8) is 0 Å². The van der Waals surface area contributed by atoms with E-state index in [1.54, 1.807) is 18.2 Å². The molecule has 0 spiro atoms. The van der Waals surface area contributed by atoms with Crippen LogP contribution in [-0.2, 0) is 4.79 Å². The predicted octanol–water partition coefficient (Wildman–Crippen LogP) is 2.86. The number of carbonyl (C=O) groups is 2. The molecule has 0 unspecified atom stereocenters. The van der Waals surface area contributed by atoms with E-state index in [0.717, 1.165) is 24.6 Å². The van der Waals surface area contributed by atoms with Crippen molar-refractivity contribution in [2.75, 3.05) is 0 Å². The van der Waals surface area contributed by atoms with E-state index >= 15 is 0 Å². The molecule has 3 rings (SSSR count). The molecule has 1 aliphatic rings. The van der Waals surface area contributed by atoms with Gasteiger partial charge in [0, 0.05) is 11.4 Å². The Labute approximate surface area is 132 Å². The molecule has 22 heavy (non-hydrogen) atoms. The highest BCUT2D eigenvalue weighted by molar-refractivity contribution is 6.34. The fourth-order valence-corrected chi connectivity index (χ4v) is 3.24. The fraction of sp³-hybridized carbons (Fsp3) is 0.375. The van der Waals surface area contributed by atoms with Crippen LogP contribution in [0.25, 0.3) is 11.0 Å². The van der Waals surface area contributed by atoms with Crippen LogP contribution in [0, 0.1) is 5.92 Å². The molecule has 2 aromatic rings. The Morgan fingerprint density at radius 3 is 2.77 bits per heavy atom. The normalized spacial score (nSPS) is 21.7. The SMILES string of the molecule is NC(=O)[C@@H]1CCCC[C@H]1NC(=O)c1cc2cccc(Cl)c2o1. The van der Waals surface area contributed by atoms with Gasteiger partial charge in [-0.3, -0.25) is 9.59 Å². The number of fused-ring (bicyclic) bond motifs is 1. The minimum absolute atomic E-state index is 0.192. The first kappa shape index (κ1) is 14.9. The summed E-state index contributed by atoms with van der Waals surface area (Å²) in [6, 6.07) is 6.75. The van der Waals surface area contributed by atoms with Crippen LogP contribution < -0.4 is 11.1 Å². The van der Waals surface area contributed by atoms with Crippen molar-refractivity contribution in [3.05, 3.63) is 35.0 Å². The molecule has 1 fully saturated rings. The number of hydrogen-bond acceptors (Lipinski definition) is 3. The minimum Gasteiger partial charge on any atom is -0.449 e. The number of primary amides is 1. The molecule has 1 aromatic heterocycles. The summed E-state index contributed by atoms with van der Waals surface area (Å²) in [4.78, 5) is 23.9. The number of carbonyl (C=O) groups excluding carboxylic acids is 2. The average Bonchev–Trinajstić information content (AvgIpc) is 2.93. The Bertz CT molecular complexity index is 725. The van der Waals surface area contributed by atoms with Crippen LogP contribution in [-0.4, -0.2) is 17.9 Å². The third-order valence-corrected chi connectivity index (χ3v) is 4.47. The Balaban J connectivity index is 1.80. The van der Waals surface area contributed by atoms with E-state index in [2.05, 4.69) is 5.32 Å². The molecule has 0 aliphatic heterocycles. The van der Waals surface area contributed by atoms with Gasteiger partial charge in [0.05, 0.1) is 10.9 Å². The number of nitrogens with two attached hydrogens (primary N) is 1. The minimum atomic E-state index is -0.363. The number of furan rings is 1. The van der Waals surface area contributed by atoms with Gasteiger partial charge in [0.2, 0.25) is 5.91 Å². The summed E-state index contributed by atoms with van der Waals surface area (Å²) in [5.41, 5.74) is 5.91. The van der Waals surface area contributed by atoms with Gasteiger partial charge in [-0.1, -0.05) is 36.6 Å². The zero-order valence-corrected chi connectivity index (χ0v) is 12.7. The maximum Gasteiger partial charge on any atom is 0.287 e. The lowest BCUT2D eigenvalue weighted by molar-refractivity contribution is -0.123. The van der Waals surface area contributed by atoms with Gasteiger partial charge >= 0.3 is 0 Å². The summed E-state index contributed by atoms with van der Waals surface area (Å²) in [5.74, 6) is -0.828. The molecule has 0 radical (unpaired) electrons. The van der Waals surface area contributed by atoms with Crippen molar-refractivity contribution in [1.29, 1.82) is 0 Å². The van der Waals surface area contributed by atoms with Gasteiger partial charge in [-0.05, 0) is 25.0 Å². The molecule has 1 saturated carbocycles. The molecule has 5 nitrogen and oxygen atoms in total. The number of halogens is 1. The van der Waals surface area contributed by atoms with E-state index in [9.17, 15) is 9.59 Å². The number of hydrogen-bond donors (Lipinski definition) is 2. The highest BCUT2D eigenvalue weighted by atomic mass is 35.5. The van der Waals surface area contributed by atoms with Crippen LogP contribution in [0.2, 0.25) is 5.02 Å². The molecule has 2 atom stereocenters. The van der Waals surface area contributed by atoms with Crippen molar-refractivity contribution < 1.29 is 14.0 Å². The Morgan fingerprint density at radius 2 is 2.05 bits per heavy atom. The van der Waals surface area contributed by atoms with Crippen molar-refractivity contribution in [3.8, 4) is 0 Å². The second-order valence-corrected chi connectivity index (χ2v) is 6.05. The summed E-state index contributed by atoms with van der Waals surface area (Å²) >= 11 is 6.05. The lowest BCUT2D eigenvalue weighted by atomic mass is 9.84. The van der Waals surface area contributed by atoms with Crippen LogP contribution in [0.4, 0.5) is 0 Å². The smallest absolute Gasteiger partial charge is 0.287 e. The van der Waals surface area contributed by atoms with Gasteiger partial charge in [0.15, 0.2) is 11.3 Å². The molecule has 3 N–H and O–H groups in total. The third-order valence-electron chi connectivity index (χ3n) is 4.17. The van der Waals surface area contributed by atoms with E-state index in [4.69, 9.17) is 21.8 Å². The van der Waals surface area contributed by atoms with Gasteiger partial charge in [0.1, 0.15) is 0 Å². The number of benzene rings is 1. The zero-order chi connectivity index (χ0) is 15.7. The monoisotopic (exact) mass is 320 g/mol. The van der Waals surface area contributed by atoms with E-state index in [-0.39, 0.29) is 29.5 Å². The maximum atomic E-state index is 12.4. The number of amides is 2. The standard InChI is InChI=1S/C16H17ClN2O3/c17-11-6-3-4-9-8-13(22-14(9)11)16(21)19-12-7-2-1-5-10(12)15(18)20/h3-4,6,8,10,12H,1-2,5,7H2,(H2,18,20)(H,19,21)/t10-,12-/m1/s1. The highest BCUT2D eigenvalue weighted by Gasteiger charge is 2.31. The summed E-state index contributed by atoms with van der Waals surface area (Å²) < 4.78 is 5.54. The van der Waals surface area contributed by atoms with E-state index in [1.165, 1.54) is 0 Å². The van der Waals surface area contributed by atoms with Crippen LogP contribution in [0.1, 0.15) is 36.2 Å². The molecule has 1 aromatic carbocycles. The summed E-state index contributed by atoms with van der Waals surface area (Å²) in [6.45, 7) is 0. The fourth-order valence-electron chi connectivity index (χ4n) is 3.02. The molecular weight excluding hydrogens is 304 g/mol. The highest BCUT2D eigenvalue weighted by Crippen LogP contribution is 2.28. The van der Waals surface area contributed by atoms with Crippen molar-refractivity contribution in [2.24, 2.45) is 11.7 Å². The maximum absolute atomic E-state index is 12.4. The quantitative estimate of drug-likeness (QED) is 0.911. The van der Waals surface area contributed by atoms with Crippen molar-refractivity contribution in [2.45, 2.75) is 31.7 Å². The first-order valence-corrected chi connectivity index (χ1v) is 7.72. The first-order chi connectivity index (χ1) is 10.6. The molecular formula is C16H17ClN2O3. The molecule has 0 saturated heterocycles. The largest absolute Gasteiger partial charge is 0.449 e. The Hall–Kier alpha value is -2.01. The van der Waals surface area contributed by atoms with E-state index < -0.39 is 0 Å². The zero-order valence-electron chi connectivity index (χ0n) is 12.0. The van der Waals surface area contributed by atoms with Gasteiger partial charge < -0.3 is 15.5 Å².